The second kappa shape index (κ2) is 10.5. The Hall–Kier alpha value is -1.40. The highest BCUT2D eigenvalue weighted by atomic mass is 16.4. The van der Waals surface area contributed by atoms with Crippen LogP contribution in [-0.4, -0.2) is 57.4 Å². The summed E-state index contributed by atoms with van der Waals surface area (Å²) in [6, 6.07) is 0. The number of aliphatic hydroxyl groups is 2. The van der Waals surface area contributed by atoms with Gasteiger partial charge in [0.1, 0.15) is 0 Å². The van der Waals surface area contributed by atoms with Crippen molar-refractivity contribution in [2.75, 3.05) is 13.1 Å². The molecule has 0 aromatic heterocycles. The van der Waals surface area contributed by atoms with Crippen LogP contribution in [0, 0.1) is 0 Å². The van der Waals surface area contributed by atoms with Gasteiger partial charge >= 0.3 is 5.97 Å². The third-order valence-electron chi connectivity index (χ3n) is 1.92. The average molecular weight is 275 g/mol. The zero-order chi connectivity index (χ0) is 15.6. The summed E-state index contributed by atoms with van der Waals surface area (Å²) in [6.45, 7) is 10.5. The quantitative estimate of drug-likeness (QED) is 0.592. The van der Waals surface area contributed by atoms with Crippen LogP contribution in [0.1, 0.15) is 34.1 Å². The van der Waals surface area contributed by atoms with E-state index in [9.17, 15) is 19.8 Å². The minimum Gasteiger partial charge on any atom is -0.481 e. The van der Waals surface area contributed by atoms with Crippen molar-refractivity contribution in [3.8, 4) is 0 Å². The Balaban J connectivity index is 0. The maximum atomic E-state index is 11.8. The molecule has 0 saturated heterocycles. The molecule has 0 aliphatic carbocycles. The first-order valence-corrected chi connectivity index (χ1v) is 6.29. The van der Waals surface area contributed by atoms with Crippen LogP contribution in [0.3, 0.4) is 0 Å². The highest BCUT2D eigenvalue weighted by Crippen LogP contribution is 2.06. The zero-order valence-electron chi connectivity index (χ0n) is 12.1. The summed E-state index contributed by atoms with van der Waals surface area (Å²) in [5, 5.41) is 27.0. The van der Waals surface area contributed by atoms with Gasteiger partial charge in [-0.05, 0) is 13.8 Å². The van der Waals surface area contributed by atoms with Crippen molar-refractivity contribution < 1.29 is 24.9 Å². The molecule has 6 heteroatoms. The lowest BCUT2D eigenvalue weighted by atomic mass is 10.1. The minimum absolute atomic E-state index is 0.0301. The summed E-state index contributed by atoms with van der Waals surface area (Å²) < 4.78 is 0. The number of rotatable bonds is 7. The van der Waals surface area contributed by atoms with E-state index in [-0.39, 0.29) is 18.7 Å². The molecule has 3 N–H and O–H groups in total. The van der Waals surface area contributed by atoms with E-state index in [1.54, 1.807) is 0 Å². The van der Waals surface area contributed by atoms with Gasteiger partial charge in [0, 0.05) is 18.7 Å². The molecular weight excluding hydrogens is 250 g/mol. The van der Waals surface area contributed by atoms with Gasteiger partial charge in [0.25, 0.3) is 0 Å². The highest BCUT2D eigenvalue weighted by Gasteiger charge is 2.21. The Labute approximate surface area is 114 Å². The fourth-order valence-corrected chi connectivity index (χ4v) is 1.36. The molecule has 0 aromatic rings. The van der Waals surface area contributed by atoms with E-state index >= 15 is 0 Å². The number of aliphatic hydroxyl groups excluding tert-OH is 2. The van der Waals surface area contributed by atoms with Gasteiger partial charge < -0.3 is 20.2 Å². The molecule has 0 bridgehead atoms. The van der Waals surface area contributed by atoms with Crippen molar-refractivity contribution in [2.45, 2.75) is 46.3 Å². The molecule has 0 fully saturated rings. The lowest BCUT2D eigenvalue weighted by Gasteiger charge is -2.25. The predicted octanol–water partition coefficient (Wildman–Crippen LogP) is 0.634. The first-order valence-electron chi connectivity index (χ1n) is 6.29. The molecule has 0 rings (SSSR count). The number of aliphatic carboxylic acids is 1. The SMILES string of the molecule is C=C(CC(=O)O)C(=O)N(CC(C)O)CC(C)O.CC. The molecule has 2 atom stereocenters. The first-order chi connectivity index (χ1) is 8.73. The summed E-state index contributed by atoms with van der Waals surface area (Å²) in [6.07, 6.45) is -1.96. The van der Waals surface area contributed by atoms with E-state index in [4.69, 9.17) is 5.11 Å². The van der Waals surface area contributed by atoms with Gasteiger partial charge in [-0.15, -0.1) is 0 Å². The number of carbonyl (C=O) groups is 2. The molecule has 0 aliphatic rings. The third-order valence-corrected chi connectivity index (χ3v) is 1.92. The van der Waals surface area contributed by atoms with Crippen molar-refractivity contribution in [1.82, 2.24) is 4.90 Å². The summed E-state index contributed by atoms with van der Waals surface area (Å²) >= 11 is 0. The van der Waals surface area contributed by atoms with Crippen LogP contribution in [0.15, 0.2) is 12.2 Å². The standard InChI is InChI=1S/C11H19NO5.C2H6/c1-7(4-10(15)16)11(17)12(5-8(2)13)6-9(3)14;1-2/h8-9,13-14H,1,4-6H2,2-3H3,(H,15,16);1-2H3. The molecule has 19 heavy (non-hydrogen) atoms. The maximum Gasteiger partial charge on any atom is 0.308 e. The monoisotopic (exact) mass is 275 g/mol. The van der Waals surface area contributed by atoms with E-state index in [1.165, 1.54) is 18.7 Å². The second-order valence-electron chi connectivity index (χ2n) is 4.08. The van der Waals surface area contributed by atoms with Crippen LogP contribution < -0.4 is 0 Å². The zero-order valence-corrected chi connectivity index (χ0v) is 12.1. The van der Waals surface area contributed by atoms with E-state index < -0.39 is 30.5 Å². The van der Waals surface area contributed by atoms with E-state index in [0.29, 0.717) is 0 Å². The molecule has 0 radical (unpaired) electrons. The van der Waals surface area contributed by atoms with Crippen molar-refractivity contribution in [1.29, 1.82) is 0 Å². The maximum absolute atomic E-state index is 11.8. The average Bonchev–Trinajstić information content (AvgIpc) is 2.27. The number of hydrogen-bond donors (Lipinski definition) is 3. The Morgan fingerprint density at radius 2 is 1.47 bits per heavy atom. The lowest BCUT2D eigenvalue weighted by molar-refractivity contribution is -0.138. The summed E-state index contributed by atoms with van der Waals surface area (Å²) in [5.41, 5.74) is -0.0706. The van der Waals surface area contributed by atoms with Crippen LogP contribution in [0.4, 0.5) is 0 Å². The number of hydrogen-bond acceptors (Lipinski definition) is 4. The lowest BCUT2D eigenvalue weighted by Crippen LogP contribution is -2.41. The van der Waals surface area contributed by atoms with Gasteiger partial charge in [-0.3, -0.25) is 9.59 Å². The Morgan fingerprint density at radius 3 is 1.74 bits per heavy atom. The number of carbonyl (C=O) groups excluding carboxylic acids is 1. The molecule has 1 amide bonds. The van der Waals surface area contributed by atoms with Crippen LogP contribution in [-0.2, 0) is 9.59 Å². The number of nitrogens with zero attached hydrogens (tertiary/aromatic N) is 1. The topological polar surface area (TPSA) is 98.1 Å². The van der Waals surface area contributed by atoms with Gasteiger partial charge in [-0.25, -0.2) is 0 Å². The van der Waals surface area contributed by atoms with Crippen molar-refractivity contribution >= 4 is 11.9 Å². The number of carboxylic acids is 1. The Bertz CT molecular complexity index is 289. The van der Waals surface area contributed by atoms with Gasteiger partial charge in [0.05, 0.1) is 18.6 Å². The minimum atomic E-state index is -1.14. The summed E-state index contributed by atoms with van der Waals surface area (Å²) in [5.74, 6) is -1.70. The van der Waals surface area contributed by atoms with Gasteiger partial charge in [0.2, 0.25) is 5.91 Å². The van der Waals surface area contributed by atoms with Crippen molar-refractivity contribution in [2.24, 2.45) is 0 Å². The van der Waals surface area contributed by atoms with E-state index in [0.717, 1.165) is 0 Å². The van der Waals surface area contributed by atoms with Crippen LogP contribution >= 0.6 is 0 Å². The normalized spacial score (nSPS) is 12.7. The Morgan fingerprint density at radius 1 is 1.11 bits per heavy atom. The smallest absolute Gasteiger partial charge is 0.308 e. The van der Waals surface area contributed by atoms with Gasteiger partial charge in [-0.2, -0.15) is 0 Å². The molecule has 0 aliphatic heterocycles. The van der Waals surface area contributed by atoms with Crippen molar-refractivity contribution in [3.05, 3.63) is 12.2 Å². The van der Waals surface area contributed by atoms with Crippen molar-refractivity contribution in [3.63, 3.8) is 0 Å². The molecule has 2 unspecified atom stereocenters. The molecule has 0 heterocycles. The highest BCUT2D eigenvalue weighted by molar-refractivity contribution is 5.96. The summed E-state index contributed by atoms with van der Waals surface area (Å²) in [4.78, 5) is 23.4. The Kier molecular flexibility index (Phi) is 11.0. The molecule has 0 saturated carbocycles. The van der Waals surface area contributed by atoms with Crippen LogP contribution in [0.25, 0.3) is 0 Å². The van der Waals surface area contributed by atoms with E-state index in [1.807, 2.05) is 13.8 Å². The predicted molar refractivity (Wildman–Crippen MR) is 72.7 cm³/mol. The van der Waals surface area contributed by atoms with E-state index in [2.05, 4.69) is 6.58 Å². The number of carboxylic acid groups (broad SMARTS) is 1. The third kappa shape index (κ3) is 10.2. The van der Waals surface area contributed by atoms with Gasteiger partial charge in [-0.1, -0.05) is 20.4 Å². The first kappa shape index (κ1) is 19.9. The second-order valence-corrected chi connectivity index (χ2v) is 4.08. The summed E-state index contributed by atoms with van der Waals surface area (Å²) in [7, 11) is 0. The number of amides is 1. The molecule has 112 valence electrons. The fourth-order valence-electron chi connectivity index (χ4n) is 1.36. The molecule has 6 nitrogen and oxygen atoms in total. The molecule has 0 aromatic carbocycles. The van der Waals surface area contributed by atoms with Crippen LogP contribution in [0.5, 0.6) is 0 Å². The van der Waals surface area contributed by atoms with Crippen LogP contribution in [0.2, 0.25) is 0 Å². The molecular formula is C13H25NO5. The fraction of sp³-hybridized carbons (Fsp3) is 0.692. The largest absolute Gasteiger partial charge is 0.481 e. The van der Waals surface area contributed by atoms with Gasteiger partial charge in [0.15, 0.2) is 0 Å². The molecule has 0 spiro atoms.